The van der Waals surface area contributed by atoms with Gasteiger partial charge in [0.05, 0.1) is 18.7 Å². The summed E-state index contributed by atoms with van der Waals surface area (Å²) in [5, 5.41) is 9.96. The second kappa shape index (κ2) is 9.04. The molecule has 5 heteroatoms. The van der Waals surface area contributed by atoms with Crippen molar-refractivity contribution in [2.75, 3.05) is 26.1 Å². The molecule has 0 radical (unpaired) electrons. The largest absolute Gasteiger partial charge is 0.507 e. The standard InChI is InChI=1S/C14H22FNO2S/c1-18-13-10-14(19-8-4-2-3-6-15)12(17)9-11(13)5-7-16/h9-10,17H,2-8,16H2,1H3. The van der Waals surface area contributed by atoms with E-state index in [2.05, 4.69) is 0 Å². The molecule has 0 bridgehead atoms. The zero-order valence-corrected chi connectivity index (χ0v) is 12.1. The molecule has 0 aromatic heterocycles. The molecule has 1 rings (SSSR count). The summed E-state index contributed by atoms with van der Waals surface area (Å²) in [6.45, 7) is 0.267. The van der Waals surface area contributed by atoms with Crippen molar-refractivity contribution in [1.82, 2.24) is 0 Å². The summed E-state index contributed by atoms with van der Waals surface area (Å²) < 4.78 is 17.3. The van der Waals surface area contributed by atoms with Gasteiger partial charge < -0.3 is 15.6 Å². The first-order valence-corrected chi connectivity index (χ1v) is 7.50. The zero-order valence-electron chi connectivity index (χ0n) is 11.3. The Labute approximate surface area is 118 Å². The summed E-state index contributed by atoms with van der Waals surface area (Å²) in [4.78, 5) is 0.804. The van der Waals surface area contributed by atoms with Gasteiger partial charge in [-0.1, -0.05) is 6.42 Å². The number of alkyl halides is 1. The maximum atomic E-state index is 11.9. The van der Waals surface area contributed by atoms with Crippen molar-refractivity contribution in [3.05, 3.63) is 17.7 Å². The van der Waals surface area contributed by atoms with Crippen LogP contribution in [0.1, 0.15) is 24.8 Å². The number of hydrogen-bond acceptors (Lipinski definition) is 4. The number of ether oxygens (including phenoxy) is 1. The van der Waals surface area contributed by atoms with E-state index in [1.807, 2.05) is 6.07 Å². The van der Waals surface area contributed by atoms with Crippen molar-refractivity contribution in [3.63, 3.8) is 0 Å². The molecule has 0 unspecified atom stereocenters. The molecule has 0 spiro atoms. The van der Waals surface area contributed by atoms with Gasteiger partial charge in [-0.2, -0.15) is 0 Å². The highest BCUT2D eigenvalue weighted by Crippen LogP contribution is 2.35. The van der Waals surface area contributed by atoms with Crippen LogP contribution in [0.3, 0.4) is 0 Å². The number of phenols is 1. The molecule has 3 nitrogen and oxygen atoms in total. The zero-order chi connectivity index (χ0) is 14.1. The number of hydrogen-bond donors (Lipinski definition) is 2. The molecule has 0 amide bonds. The second-order valence-corrected chi connectivity index (χ2v) is 5.41. The van der Waals surface area contributed by atoms with Gasteiger partial charge in [0.2, 0.25) is 0 Å². The van der Waals surface area contributed by atoms with E-state index in [-0.39, 0.29) is 12.4 Å². The van der Waals surface area contributed by atoms with Crippen LogP contribution in [-0.2, 0) is 6.42 Å². The molecule has 0 fully saturated rings. The van der Waals surface area contributed by atoms with Crippen LogP contribution < -0.4 is 10.5 Å². The Morgan fingerprint density at radius 3 is 2.74 bits per heavy atom. The lowest BCUT2D eigenvalue weighted by Crippen LogP contribution is -2.04. The number of benzene rings is 1. The predicted molar refractivity (Wildman–Crippen MR) is 78.0 cm³/mol. The normalized spacial score (nSPS) is 10.7. The van der Waals surface area contributed by atoms with E-state index >= 15 is 0 Å². The third-order valence-electron chi connectivity index (χ3n) is 2.81. The molecule has 0 heterocycles. The fourth-order valence-corrected chi connectivity index (χ4v) is 2.77. The Bertz CT molecular complexity index is 388. The predicted octanol–water partition coefficient (Wildman–Crippen LogP) is 3.13. The molecule has 1 aromatic rings. The molecular weight excluding hydrogens is 265 g/mol. The minimum Gasteiger partial charge on any atom is -0.507 e. The molecule has 1 aromatic carbocycles. The van der Waals surface area contributed by atoms with E-state index in [0.717, 1.165) is 34.8 Å². The molecule has 0 atom stereocenters. The number of aromatic hydroxyl groups is 1. The number of methoxy groups -OCH3 is 1. The highest BCUT2D eigenvalue weighted by atomic mass is 32.2. The Balaban J connectivity index is 2.62. The number of nitrogens with two attached hydrogens (primary N) is 1. The monoisotopic (exact) mass is 287 g/mol. The highest BCUT2D eigenvalue weighted by molar-refractivity contribution is 7.99. The van der Waals surface area contributed by atoms with Gasteiger partial charge in [0, 0.05) is 0 Å². The minimum absolute atomic E-state index is 0.252. The maximum Gasteiger partial charge on any atom is 0.129 e. The van der Waals surface area contributed by atoms with E-state index in [0.29, 0.717) is 19.4 Å². The van der Waals surface area contributed by atoms with Gasteiger partial charge in [0.15, 0.2) is 0 Å². The minimum atomic E-state index is -0.252. The number of thioether (sulfide) groups is 1. The van der Waals surface area contributed by atoms with Crippen LogP contribution in [-0.4, -0.2) is 31.2 Å². The van der Waals surface area contributed by atoms with Crippen LogP contribution in [0.15, 0.2) is 17.0 Å². The lowest BCUT2D eigenvalue weighted by Gasteiger charge is -2.12. The fourth-order valence-electron chi connectivity index (χ4n) is 1.80. The molecule has 108 valence electrons. The Morgan fingerprint density at radius 2 is 2.11 bits per heavy atom. The number of phenolic OH excluding ortho intramolecular Hbond substituents is 1. The number of halogens is 1. The first-order valence-electron chi connectivity index (χ1n) is 6.51. The van der Waals surface area contributed by atoms with Crippen LogP contribution in [0.4, 0.5) is 4.39 Å². The van der Waals surface area contributed by atoms with Gasteiger partial charge >= 0.3 is 0 Å². The average molecular weight is 287 g/mol. The van der Waals surface area contributed by atoms with Gasteiger partial charge in [-0.3, -0.25) is 4.39 Å². The summed E-state index contributed by atoms with van der Waals surface area (Å²) in [5.41, 5.74) is 6.45. The third kappa shape index (κ3) is 5.28. The fraction of sp³-hybridized carbons (Fsp3) is 0.571. The van der Waals surface area contributed by atoms with Gasteiger partial charge in [-0.05, 0) is 49.3 Å². The van der Waals surface area contributed by atoms with Gasteiger partial charge in [0.25, 0.3) is 0 Å². The van der Waals surface area contributed by atoms with E-state index in [1.165, 1.54) is 0 Å². The van der Waals surface area contributed by atoms with Crippen LogP contribution in [0.2, 0.25) is 0 Å². The molecule has 3 N–H and O–H groups in total. The smallest absolute Gasteiger partial charge is 0.129 e. The van der Waals surface area contributed by atoms with E-state index < -0.39 is 0 Å². The quantitative estimate of drug-likeness (QED) is 0.541. The molecule has 0 aliphatic heterocycles. The van der Waals surface area contributed by atoms with E-state index in [4.69, 9.17) is 10.5 Å². The van der Waals surface area contributed by atoms with E-state index in [9.17, 15) is 9.50 Å². The lowest BCUT2D eigenvalue weighted by atomic mass is 10.1. The topological polar surface area (TPSA) is 55.5 Å². The second-order valence-electron chi connectivity index (χ2n) is 4.27. The van der Waals surface area contributed by atoms with Crippen molar-refractivity contribution in [2.24, 2.45) is 5.73 Å². The SMILES string of the molecule is COc1cc(SCCCCCF)c(O)cc1CCN. The van der Waals surface area contributed by atoms with Crippen LogP contribution >= 0.6 is 11.8 Å². The molecule has 0 saturated carbocycles. The number of rotatable bonds is 9. The van der Waals surface area contributed by atoms with Crippen LogP contribution in [0.5, 0.6) is 11.5 Å². The Morgan fingerprint density at radius 1 is 1.32 bits per heavy atom. The van der Waals surface area contributed by atoms with Gasteiger partial charge in [0.1, 0.15) is 11.5 Å². The summed E-state index contributed by atoms with van der Waals surface area (Å²) in [7, 11) is 1.61. The first-order chi connectivity index (χ1) is 9.22. The molecule has 0 aliphatic carbocycles. The third-order valence-corrected chi connectivity index (χ3v) is 3.94. The van der Waals surface area contributed by atoms with Crippen molar-refractivity contribution >= 4 is 11.8 Å². The van der Waals surface area contributed by atoms with Crippen molar-refractivity contribution in [2.45, 2.75) is 30.6 Å². The molecule has 19 heavy (non-hydrogen) atoms. The van der Waals surface area contributed by atoms with E-state index in [1.54, 1.807) is 24.9 Å². The van der Waals surface area contributed by atoms with Gasteiger partial charge in [-0.25, -0.2) is 0 Å². The van der Waals surface area contributed by atoms with Crippen molar-refractivity contribution in [1.29, 1.82) is 0 Å². The van der Waals surface area contributed by atoms with Crippen molar-refractivity contribution in [3.8, 4) is 11.5 Å². The lowest BCUT2D eigenvalue weighted by molar-refractivity contribution is 0.403. The highest BCUT2D eigenvalue weighted by Gasteiger charge is 2.09. The summed E-state index contributed by atoms with van der Waals surface area (Å²) in [6.07, 6.45) is 3.12. The summed E-state index contributed by atoms with van der Waals surface area (Å²) in [6, 6.07) is 3.57. The summed E-state index contributed by atoms with van der Waals surface area (Å²) in [5.74, 6) is 1.89. The van der Waals surface area contributed by atoms with Crippen LogP contribution in [0.25, 0.3) is 0 Å². The van der Waals surface area contributed by atoms with Crippen molar-refractivity contribution < 1.29 is 14.2 Å². The Hall–Kier alpha value is -0.940. The number of unbranched alkanes of at least 4 members (excludes halogenated alkanes) is 2. The molecule has 0 saturated heterocycles. The van der Waals surface area contributed by atoms with Crippen LogP contribution in [0, 0.1) is 0 Å². The summed E-state index contributed by atoms with van der Waals surface area (Å²) >= 11 is 1.57. The molecule has 0 aliphatic rings. The molecular formula is C14H22FNO2S. The average Bonchev–Trinajstić information content (AvgIpc) is 2.41. The Kier molecular flexibility index (Phi) is 7.67. The maximum absolute atomic E-state index is 11.9. The van der Waals surface area contributed by atoms with Gasteiger partial charge in [-0.15, -0.1) is 11.8 Å². The first kappa shape index (κ1) is 16.1.